The number of carbonyl (C=O) groups is 1. The summed E-state index contributed by atoms with van der Waals surface area (Å²) < 4.78 is 27.3. The third kappa shape index (κ3) is 6.16. The zero-order chi connectivity index (χ0) is 18.7. The lowest BCUT2D eigenvalue weighted by molar-refractivity contribution is -0.115. The van der Waals surface area contributed by atoms with Gasteiger partial charge in [-0.2, -0.15) is 0 Å². The molecule has 0 aliphatic carbocycles. The maximum atomic E-state index is 12.4. The molecule has 0 saturated heterocycles. The molecular formula is C18H21ClN2O3S. The Morgan fingerprint density at radius 1 is 1.08 bits per heavy atom. The van der Waals surface area contributed by atoms with Crippen molar-refractivity contribution >= 4 is 33.2 Å². The number of hydrogen-bond acceptors (Lipinski definition) is 3. The predicted octanol–water partition coefficient (Wildman–Crippen LogP) is 3.60. The van der Waals surface area contributed by atoms with Crippen LogP contribution < -0.4 is 10.0 Å². The van der Waals surface area contributed by atoms with Crippen molar-refractivity contribution in [3.63, 3.8) is 0 Å². The van der Waals surface area contributed by atoms with Crippen LogP contribution in [-0.2, 0) is 21.2 Å². The highest BCUT2D eigenvalue weighted by molar-refractivity contribution is 7.89. The van der Waals surface area contributed by atoms with Gasteiger partial charge < -0.3 is 5.32 Å². The van der Waals surface area contributed by atoms with Gasteiger partial charge >= 0.3 is 0 Å². The number of anilines is 1. The Kier molecular flexibility index (Phi) is 5.87. The van der Waals surface area contributed by atoms with Crippen LogP contribution in [0.2, 0.25) is 5.02 Å². The third-order valence-corrected chi connectivity index (χ3v) is 5.15. The molecule has 0 bridgehead atoms. The summed E-state index contributed by atoms with van der Waals surface area (Å²) >= 11 is 5.82. The van der Waals surface area contributed by atoms with Gasteiger partial charge in [-0.1, -0.05) is 29.8 Å². The maximum absolute atomic E-state index is 12.4. The number of nitrogens with one attached hydrogen (secondary N) is 2. The van der Waals surface area contributed by atoms with Crippen LogP contribution >= 0.6 is 11.6 Å². The molecule has 0 saturated carbocycles. The van der Waals surface area contributed by atoms with Crippen LogP contribution in [-0.4, -0.2) is 19.9 Å². The fourth-order valence-electron chi connectivity index (χ4n) is 2.20. The summed E-state index contributed by atoms with van der Waals surface area (Å²) in [5.74, 6) is -0.236. The number of halogens is 1. The summed E-state index contributed by atoms with van der Waals surface area (Å²) in [4.78, 5) is 12.3. The Bertz CT molecular complexity index is 857. The van der Waals surface area contributed by atoms with Crippen molar-refractivity contribution in [2.24, 2.45) is 0 Å². The first-order valence-electron chi connectivity index (χ1n) is 7.73. The van der Waals surface area contributed by atoms with Gasteiger partial charge in [-0.3, -0.25) is 4.79 Å². The summed E-state index contributed by atoms with van der Waals surface area (Å²) in [5, 5.41) is 3.32. The average Bonchev–Trinajstić information content (AvgIpc) is 2.47. The highest BCUT2D eigenvalue weighted by Gasteiger charge is 2.22. The SMILES string of the molecule is CC(C)(C)NS(=O)(=O)c1cccc(NC(=O)Cc2ccc(Cl)cc2)c1. The number of rotatable bonds is 5. The first kappa shape index (κ1) is 19.4. The number of hydrogen-bond donors (Lipinski definition) is 2. The lowest BCUT2D eigenvalue weighted by Crippen LogP contribution is -2.40. The first-order valence-corrected chi connectivity index (χ1v) is 9.60. The quantitative estimate of drug-likeness (QED) is 0.832. The van der Waals surface area contributed by atoms with Crippen LogP contribution in [0.25, 0.3) is 0 Å². The Morgan fingerprint density at radius 2 is 1.72 bits per heavy atom. The van der Waals surface area contributed by atoms with Crippen molar-refractivity contribution in [1.82, 2.24) is 4.72 Å². The van der Waals surface area contributed by atoms with Crippen molar-refractivity contribution in [3.05, 3.63) is 59.1 Å². The summed E-state index contributed by atoms with van der Waals surface area (Å²) in [5.41, 5.74) is 0.656. The van der Waals surface area contributed by atoms with Gasteiger partial charge in [-0.25, -0.2) is 13.1 Å². The number of benzene rings is 2. The normalized spacial score (nSPS) is 12.0. The second-order valence-corrected chi connectivity index (χ2v) is 8.85. The van der Waals surface area contributed by atoms with Crippen LogP contribution in [0.1, 0.15) is 26.3 Å². The molecule has 0 fully saturated rings. The Balaban J connectivity index is 2.11. The molecule has 5 nitrogen and oxygen atoms in total. The maximum Gasteiger partial charge on any atom is 0.241 e. The molecule has 7 heteroatoms. The second kappa shape index (κ2) is 7.56. The summed E-state index contributed by atoms with van der Waals surface area (Å²) in [6, 6.07) is 13.2. The molecule has 0 aliphatic rings. The van der Waals surface area contributed by atoms with Crippen LogP contribution in [0.3, 0.4) is 0 Å². The molecular weight excluding hydrogens is 360 g/mol. The minimum Gasteiger partial charge on any atom is -0.326 e. The van der Waals surface area contributed by atoms with E-state index in [9.17, 15) is 13.2 Å². The molecule has 0 atom stereocenters. The molecule has 134 valence electrons. The molecule has 2 aromatic rings. The van der Waals surface area contributed by atoms with Gasteiger partial charge in [0.15, 0.2) is 0 Å². The van der Waals surface area contributed by atoms with E-state index in [0.29, 0.717) is 10.7 Å². The Morgan fingerprint density at radius 3 is 2.32 bits per heavy atom. The van der Waals surface area contributed by atoms with Gasteiger partial charge in [0.2, 0.25) is 15.9 Å². The van der Waals surface area contributed by atoms with E-state index in [1.807, 2.05) is 0 Å². The minimum absolute atomic E-state index is 0.103. The molecule has 0 spiro atoms. The van der Waals surface area contributed by atoms with E-state index < -0.39 is 15.6 Å². The van der Waals surface area contributed by atoms with E-state index in [0.717, 1.165) is 5.56 Å². The van der Waals surface area contributed by atoms with Crippen molar-refractivity contribution in [1.29, 1.82) is 0 Å². The molecule has 0 aromatic heterocycles. The van der Waals surface area contributed by atoms with Gasteiger partial charge in [0.1, 0.15) is 0 Å². The van der Waals surface area contributed by atoms with Crippen molar-refractivity contribution in [2.75, 3.05) is 5.32 Å². The molecule has 25 heavy (non-hydrogen) atoms. The van der Waals surface area contributed by atoms with E-state index in [4.69, 9.17) is 11.6 Å². The lowest BCUT2D eigenvalue weighted by Gasteiger charge is -2.20. The second-order valence-electron chi connectivity index (χ2n) is 6.73. The monoisotopic (exact) mass is 380 g/mol. The predicted molar refractivity (Wildman–Crippen MR) is 100 cm³/mol. The van der Waals surface area contributed by atoms with Crippen LogP contribution in [0.5, 0.6) is 0 Å². The average molecular weight is 381 g/mol. The number of sulfonamides is 1. The largest absolute Gasteiger partial charge is 0.326 e. The van der Waals surface area contributed by atoms with Crippen LogP contribution in [0.4, 0.5) is 5.69 Å². The minimum atomic E-state index is -3.66. The first-order chi connectivity index (χ1) is 11.5. The van der Waals surface area contributed by atoms with Crippen molar-refractivity contribution < 1.29 is 13.2 Å². The number of amides is 1. The standard InChI is InChI=1S/C18H21ClN2O3S/c1-18(2,3)21-25(23,24)16-6-4-5-15(12-16)20-17(22)11-13-7-9-14(19)10-8-13/h4-10,12,21H,11H2,1-3H3,(H,20,22). The van der Waals surface area contributed by atoms with E-state index in [1.165, 1.54) is 12.1 Å². The zero-order valence-corrected chi connectivity index (χ0v) is 15.9. The fourth-order valence-corrected chi connectivity index (χ4v) is 3.79. The summed E-state index contributed by atoms with van der Waals surface area (Å²) in [6.45, 7) is 5.30. The smallest absolute Gasteiger partial charge is 0.241 e. The third-order valence-electron chi connectivity index (χ3n) is 3.15. The zero-order valence-electron chi connectivity index (χ0n) is 14.3. The molecule has 2 aromatic carbocycles. The molecule has 1 amide bonds. The van der Waals surface area contributed by atoms with E-state index in [1.54, 1.807) is 57.2 Å². The highest BCUT2D eigenvalue weighted by Crippen LogP contribution is 2.18. The van der Waals surface area contributed by atoms with E-state index in [-0.39, 0.29) is 17.2 Å². The molecule has 0 heterocycles. The van der Waals surface area contributed by atoms with Gasteiger partial charge in [0.05, 0.1) is 11.3 Å². The van der Waals surface area contributed by atoms with E-state index >= 15 is 0 Å². The van der Waals surface area contributed by atoms with Gasteiger partial charge in [-0.05, 0) is 56.7 Å². The van der Waals surface area contributed by atoms with Gasteiger partial charge in [0, 0.05) is 16.2 Å². The van der Waals surface area contributed by atoms with Crippen molar-refractivity contribution in [3.8, 4) is 0 Å². The van der Waals surface area contributed by atoms with Gasteiger partial charge in [0.25, 0.3) is 0 Å². The fraction of sp³-hybridized carbons (Fsp3) is 0.278. The Hall–Kier alpha value is -1.89. The van der Waals surface area contributed by atoms with Gasteiger partial charge in [-0.15, -0.1) is 0 Å². The highest BCUT2D eigenvalue weighted by atomic mass is 35.5. The Labute approximate surface area is 153 Å². The topological polar surface area (TPSA) is 75.3 Å². The molecule has 2 N–H and O–H groups in total. The lowest BCUT2D eigenvalue weighted by atomic mass is 10.1. The summed E-state index contributed by atoms with van der Waals surface area (Å²) in [6.07, 6.45) is 0.175. The molecule has 0 unspecified atom stereocenters. The van der Waals surface area contributed by atoms with Crippen molar-refractivity contribution in [2.45, 2.75) is 37.6 Å². The van der Waals surface area contributed by atoms with Crippen LogP contribution in [0.15, 0.2) is 53.4 Å². The molecule has 2 rings (SSSR count). The summed E-state index contributed by atoms with van der Waals surface area (Å²) in [7, 11) is -3.66. The number of carbonyl (C=O) groups excluding carboxylic acids is 1. The molecule has 0 aliphatic heterocycles. The molecule has 0 radical (unpaired) electrons. The van der Waals surface area contributed by atoms with E-state index in [2.05, 4.69) is 10.0 Å². The van der Waals surface area contributed by atoms with Crippen LogP contribution in [0, 0.1) is 0 Å².